The molecule has 100 valence electrons. The number of aromatic nitrogens is 2. The molecule has 0 fully saturated rings. The van der Waals surface area contributed by atoms with E-state index in [1.165, 1.54) is 0 Å². The highest BCUT2D eigenvalue weighted by Crippen LogP contribution is 2.11. The van der Waals surface area contributed by atoms with Crippen molar-refractivity contribution in [2.24, 2.45) is 0 Å². The van der Waals surface area contributed by atoms with Crippen molar-refractivity contribution in [2.45, 2.75) is 19.9 Å². The van der Waals surface area contributed by atoms with Gasteiger partial charge in [-0.05, 0) is 24.6 Å². The monoisotopic (exact) mass is 261 g/mol. The number of hydrogen-bond acceptors (Lipinski definition) is 4. The maximum absolute atomic E-state index is 11.5. The largest absolute Gasteiger partial charge is 0.466 e. The van der Waals surface area contributed by atoms with E-state index in [2.05, 4.69) is 15.3 Å². The zero-order valence-electron chi connectivity index (χ0n) is 10.6. The number of nitrogens with one attached hydrogen (secondary N) is 2. The van der Waals surface area contributed by atoms with E-state index in [4.69, 9.17) is 4.74 Å². The Kier molecular flexibility index (Phi) is 4.12. The Bertz CT molecular complexity index is 592. The molecule has 1 aromatic heterocycles. The number of carbonyl (C=O) groups is 2. The van der Waals surface area contributed by atoms with E-state index in [9.17, 15) is 9.59 Å². The number of amides is 1. The summed E-state index contributed by atoms with van der Waals surface area (Å²) in [5.41, 5.74) is 2.73. The number of ether oxygens (including phenoxy) is 1. The maximum Gasteiger partial charge on any atom is 0.315 e. The molecule has 0 atom stereocenters. The van der Waals surface area contributed by atoms with Crippen molar-refractivity contribution in [3.8, 4) is 0 Å². The number of hydrogen-bond donors (Lipinski definition) is 2. The molecule has 0 saturated carbocycles. The van der Waals surface area contributed by atoms with Crippen molar-refractivity contribution in [1.29, 1.82) is 0 Å². The molecule has 19 heavy (non-hydrogen) atoms. The number of imidazole rings is 1. The highest BCUT2D eigenvalue weighted by molar-refractivity contribution is 5.94. The minimum absolute atomic E-state index is 0.250. The number of nitrogens with zero attached hydrogens (tertiary/aromatic N) is 1. The fourth-order valence-corrected chi connectivity index (χ4v) is 1.70. The van der Waals surface area contributed by atoms with Crippen molar-refractivity contribution in [2.75, 3.05) is 6.61 Å². The molecule has 6 nitrogen and oxygen atoms in total. The fourth-order valence-electron chi connectivity index (χ4n) is 1.70. The van der Waals surface area contributed by atoms with Crippen LogP contribution in [-0.4, -0.2) is 28.5 Å². The Labute approximate surface area is 110 Å². The second kappa shape index (κ2) is 5.99. The van der Waals surface area contributed by atoms with Crippen LogP contribution in [0.3, 0.4) is 0 Å². The lowest BCUT2D eigenvalue weighted by atomic mass is 10.2. The number of esters is 1. The molecule has 0 saturated heterocycles. The van der Waals surface area contributed by atoms with Crippen LogP contribution in [0.1, 0.15) is 18.9 Å². The molecule has 1 heterocycles. The molecule has 0 aliphatic rings. The standard InChI is InChI=1S/C13H15N3O3/c1-2-19-13(18)6-12(17)14-7-9-3-4-10-11(5-9)16-8-15-10/h3-5,8H,2,6-7H2,1H3,(H,14,17)(H,15,16). The third-order valence-electron chi connectivity index (χ3n) is 2.58. The lowest BCUT2D eigenvalue weighted by Gasteiger charge is -2.05. The summed E-state index contributed by atoms with van der Waals surface area (Å²) >= 11 is 0. The molecule has 2 aromatic rings. The number of aromatic amines is 1. The summed E-state index contributed by atoms with van der Waals surface area (Å²) in [6.45, 7) is 2.35. The van der Waals surface area contributed by atoms with Gasteiger partial charge in [0.2, 0.25) is 5.91 Å². The maximum atomic E-state index is 11.5. The lowest BCUT2D eigenvalue weighted by molar-refractivity contribution is -0.146. The summed E-state index contributed by atoms with van der Waals surface area (Å²) in [4.78, 5) is 29.7. The first kappa shape index (κ1) is 13.1. The highest BCUT2D eigenvalue weighted by atomic mass is 16.5. The van der Waals surface area contributed by atoms with Gasteiger partial charge in [0.15, 0.2) is 0 Å². The summed E-state index contributed by atoms with van der Waals surface area (Å²) in [5.74, 6) is -0.854. The summed E-state index contributed by atoms with van der Waals surface area (Å²) in [5, 5.41) is 2.67. The Morgan fingerprint density at radius 1 is 1.42 bits per heavy atom. The van der Waals surface area contributed by atoms with E-state index in [-0.39, 0.29) is 18.9 Å². The van der Waals surface area contributed by atoms with Gasteiger partial charge in [-0.2, -0.15) is 0 Å². The van der Waals surface area contributed by atoms with Crippen LogP contribution in [0.15, 0.2) is 24.5 Å². The van der Waals surface area contributed by atoms with Gasteiger partial charge in [0.25, 0.3) is 0 Å². The van der Waals surface area contributed by atoms with Gasteiger partial charge in [0, 0.05) is 6.54 Å². The van der Waals surface area contributed by atoms with Crippen molar-refractivity contribution >= 4 is 22.9 Å². The molecule has 6 heteroatoms. The number of H-pyrrole nitrogens is 1. The highest BCUT2D eigenvalue weighted by Gasteiger charge is 2.09. The lowest BCUT2D eigenvalue weighted by Crippen LogP contribution is -2.26. The quantitative estimate of drug-likeness (QED) is 0.624. The number of benzene rings is 1. The first-order valence-electron chi connectivity index (χ1n) is 6.03. The van der Waals surface area contributed by atoms with Gasteiger partial charge in [-0.3, -0.25) is 9.59 Å². The summed E-state index contributed by atoms with van der Waals surface area (Å²) < 4.78 is 4.70. The van der Waals surface area contributed by atoms with Crippen LogP contribution < -0.4 is 5.32 Å². The zero-order chi connectivity index (χ0) is 13.7. The van der Waals surface area contributed by atoms with Crippen molar-refractivity contribution in [3.63, 3.8) is 0 Å². The molecule has 0 aliphatic carbocycles. The van der Waals surface area contributed by atoms with Gasteiger partial charge < -0.3 is 15.0 Å². The van der Waals surface area contributed by atoms with Crippen LogP contribution in [0.4, 0.5) is 0 Å². The number of fused-ring (bicyclic) bond motifs is 1. The minimum Gasteiger partial charge on any atom is -0.466 e. The number of rotatable bonds is 5. The third kappa shape index (κ3) is 3.54. The van der Waals surface area contributed by atoms with E-state index in [0.29, 0.717) is 6.54 Å². The normalized spacial score (nSPS) is 10.4. The van der Waals surface area contributed by atoms with E-state index in [0.717, 1.165) is 16.6 Å². The van der Waals surface area contributed by atoms with E-state index in [1.807, 2.05) is 18.2 Å². The van der Waals surface area contributed by atoms with Crippen LogP contribution in [0.25, 0.3) is 11.0 Å². The van der Waals surface area contributed by atoms with Gasteiger partial charge in [-0.1, -0.05) is 6.07 Å². The molecule has 2 N–H and O–H groups in total. The van der Waals surface area contributed by atoms with Gasteiger partial charge in [-0.25, -0.2) is 4.98 Å². The van der Waals surface area contributed by atoms with Crippen molar-refractivity contribution < 1.29 is 14.3 Å². The minimum atomic E-state index is -0.510. The Hall–Kier alpha value is -2.37. The average molecular weight is 261 g/mol. The summed E-state index contributed by atoms with van der Waals surface area (Å²) in [6.07, 6.45) is 1.37. The van der Waals surface area contributed by atoms with Gasteiger partial charge in [-0.15, -0.1) is 0 Å². The summed E-state index contributed by atoms with van der Waals surface area (Å²) in [7, 11) is 0. The first-order chi connectivity index (χ1) is 9.19. The van der Waals surface area contributed by atoms with Gasteiger partial charge in [0.1, 0.15) is 6.42 Å². The van der Waals surface area contributed by atoms with Crippen molar-refractivity contribution in [3.05, 3.63) is 30.1 Å². The predicted molar refractivity (Wildman–Crippen MR) is 69.2 cm³/mol. The van der Waals surface area contributed by atoms with E-state index in [1.54, 1.807) is 13.3 Å². The smallest absolute Gasteiger partial charge is 0.315 e. The molecular weight excluding hydrogens is 246 g/mol. The molecule has 0 unspecified atom stereocenters. The number of carbonyl (C=O) groups excluding carboxylic acids is 2. The molecule has 0 aliphatic heterocycles. The zero-order valence-corrected chi connectivity index (χ0v) is 10.6. The van der Waals surface area contributed by atoms with Gasteiger partial charge in [0.05, 0.1) is 24.0 Å². The summed E-state index contributed by atoms with van der Waals surface area (Å²) in [6, 6.07) is 5.67. The van der Waals surface area contributed by atoms with E-state index < -0.39 is 5.97 Å². The molecular formula is C13H15N3O3. The Balaban J connectivity index is 1.87. The third-order valence-corrected chi connectivity index (χ3v) is 2.58. The Morgan fingerprint density at radius 3 is 3.05 bits per heavy atom. The van der Waals surface area contributed by atoms with Gasteiger partial charge >= 0.3 is 5.97 Å². The second-order valence-corrected chi connectivity index (χ2v) is 4.01. The molecule has 2 rings (SSSR count). The van der Waals surface area contributed by atoms with Crippen LogP contribution in [0, 0.1) is 0 Å². The van der Waals surface area contributed by atoms with E-state index >= 15 is 0 Å². The SMILES string of the molecule is CCOC(=O)CC(=O)NCc1ccc2nc[nH]c2c1. The molecule has 0 spiro atoms. The average Bonchev–Trinajstić information content (AvgIpc) is 2.83. The van der Waals surface area contributed by atoms with Crippen LogP contribution in [-0.2, 0) is 20.9 Å². The van der Waals surface area contributed by atoms with Crippen LogP contribution in [0.2, 0.25) is 0 Å². The van der Waals surface area contributed by atoms with Crippen LogP contribution in [0.5, 0.6) is 0 Å². The molecule has 0 radical (unpaired) electrons. The second-order valence-electron chi connectivity index (χ2n) is 4.01. The fraction of sp³-hybridized carbons (Fsp3) is 0.308. The predicted octanol–water partition coefficient (Wildman–Crippen LogP) is 1.13. The Morgan fingerprint density at radius 2 is 2.26 bits per heavy atom. The molecule has 0 bridgehead atoms. The van der Waals surface area contributed by atoms with Crippen LogP contribution >= 0.6 is 0 Å². The first-order valence-corrected chi connectivity index (χ1v) is 6.03. The molecule has 1 aromatic carbocycles. The van der Waals surface area contributed by atoms with Crippen molar-refractivity contribution in [1.82, 2.24) is 15.3 Å². The molecule has 1 amide bonds. The topological polar surface area (TPSA) is 84.1 Å².